The van der Waals surface area contributed by atoms with E-state index in [2.05, 4.69) is 75.3 Å². The molecule has 0 fully saturated rings. The molecule has 3 rings (SSSR count). The minimum atomic E-state index is 0.153. The minimum absolute atomic E-state index is 0.153. The highest BCUT2D eigenvalue weighted by atomic mass is 32.2. The van der Waals surface area contributed by atoms with E-state index >= 15 is 0 Å². The van der Waals surface area contributed by atoms with Crippen LogP contribution in [0.15, 0.2) is 47.4 Å². The van der Waals surface area contributed by atoms with Gasteiger partial charge in [-0.2, -0.15) is 0 Å². The molecular weight excluding hydrogens is 398 g/mol. The van der Waals surface area contributed by atoms with Gasteiger partial charge in [0.1, 0.15) is 0 Å². The summed E-state index contributed by atoms with van der Waals surface area (Å²) in [5.41, 5.74) is 3.41. The number of aromatic nitrogens is 1. The van der Waals surface area contributed by atoms with Crippen LogP contribution in [0, 0.1) is 13.8 Å². The summed E-state index contributed by atoms with van der Waals surface area (Å²) in [4.78, 5) is 23.2. The number of aryl methyl sites for hydroxylation is 2. The third-order valence-corrected chi connectivity index (χ3v) is 6.79. The van der Waals surface area contributed by atoms with Gasteiger partial charge in [0.2, 0.25) is 5.91 Å². The van der Waals surface area contributed by atoms with E-state index in [9.17, 15) is 4.79 Å². The molecule has 0 atom stereocenters. The second kappa shape index (κ2) is 10.2. The summed E-state index contributed by atoms with van der Waals surface area (Å²) in [7, 11) is 4.12. The predicted molar refractivity (Wildman–Crippen MR) is 126 cm³/mol. The van der Waals surface area contributed by atoms with Gasteiger partial charge < -0.3 is 4.90 Å². The number of fused-ring (bicyclic) bond motifs is 1. The number of carbonyl (C=O) groups is 1. The Morgan fingerprint density at radius 3 is 2.52 bits per heavy atom. The van der Waals surface area contributed by atoms with Crippen LogP contribution in [0.25, 0.3) is 10.2 Å². The summed E-state index contributed by atoms with van der Waals surface area (Å²) in [5, 5.41) is 0.818. The maximum absolute atomic E-state index is 13.1. The van der Waals surface area contributed by atoms with E-state index in [0.717, 1.165) is 39.6 Å². The lowest BCUT2D eigenvalue weighted by Gasteiger charge is -2.21. The molecule has 3 aromatic rings. The Balaban J connectivity index is 1.70. The molecule has 2 aromatic carbocycles. The molecule has 154 valence electrons. The summed E-state index contributed by atoms with van der Waals surface area (Å²) in [6, 6.07) is 14.7. The quantitative estimate of drug-likeness (QED) is 0.430. The van der Waals surface area contributed by atoms with E-state index in [-0.39, 0.29) is 5.91 Å². The van der Waals surface area contributed by atoms with Crippen molar-refractivity contribution in [3.05, 3.63) is 53.6 Å². The van der Waals surface area contributed by atoms with Crippen LogP contribution >= 0.6 is 23.1 Å². The molecule has 1 heterocycles. The number of thioether (sulfide) groups is 1. The number of nitrogens with zero attached hydrogens (tertiary/aromatic N) is 3. The fourth-order valence-electron chi connectivity index (χ4n) is 3.09. The van der Waals surface area contributed by atoms with Gasteiger partial charge >= 0.3 is 0 Å². The Bertz CT molecular complexity index is 950. The molecule has 0 saturated heterocycles. The van der Waals surface area contributed by atoms with Gasteiger partial charge in [0.05, 0.1) is 10.2 Å². The van der Waals surface area contributed by atoms with Crippen molar-refractivity contribution in [3.63, 3.8) is 0 Å². The number of para-hydroxylation sites is 1. The van der Waals surface area contributed by atoms with Gasteiger partial charge in [0.25, 0.3) is 0 Å². The van der Waals surface area contributed by atoms with E-state index in [1.54, 1.807) is 23.1 Å². The average molecular weight is 428 g/mol. The largest absolute Gasteiger partial charge is 0.309 e. The van der Waals surface area contributed by atoms with Crippen molar-refractivity contribution < 1.29 is 4.79 Å². The first-order chi connectivity index (χ1) is 13.9. The molecule has 0 aliphatic rings. The standard InChI is InChI=1S/C23H29N3OS2/c1-17-9-11-19(12-10-17)28-16-13-21(27)26(15-6-14-25(3)4)23-24-22-18(2)7-5-8-20(22)29-23/h5,7-12H,6,13-16H2,1-4H3. The number of amides is 1. The topological polar surface area (TPSA) is 36.4 Å². The van der Waals surface area contributed by atoms with Gasteiger partial charge in [-0.05, 0) is 64.7 Å². The zero-order valence-corrected chi connectivity index (χ0v) is 19.3. The van der Waals surface area contributed by atoms with Crippen LogP contribution in [0.2, 0.25) is 0 Å². The van der Waals surface area contributed by atoms with E-state index in [0.29, 0.717) is 13.0 Å². The fourth-order valence-corrected chi connectivity index (χ4v) is 5.02. The number of anilines is 1. The van der Waals surface area contributed by atoms with Crippen LogP contribution in [-0.2, 0) is 4.79 Å². The van der Waals surface area contributed by atoms with Crippen molar-refractivity contribution >= 4 is 44.4 Å². The van der Waals surface area contributed by atoms with Gasteiger partial charge in [-0.15, -0.1) is 11.8 Å². The normalized spacial score (nSPS) is 11.3. The molecule has 1 amide bonds. The molecule has 0 aliphatic heterocycles. The predicted octanol–water partition coefficient (Wildman–Crippen LogP) is 5.38. The lowest BCUT2D eigenvalue weighted by atomic mass is 10.2. The third kappa shape index (κ3) is 6.04. The lowest BCUT2D eigenvalue weighted by molar-refractivity contribution is -0.118. The van der Waals surface area contributed by atoms with E-state index < -0.39 is 0 Å². The molecule has 4 nitrogen and oxygen atoms in total. The average Bonchev–Trinajstić information content (AvgIpc) is 3.12. The molecule has 0 unspecified atom stereocenters. The second-order valence-corrected chi connectivity index (χ2v) is 9.71. The molecule has 0 spiro atoms. The van der Waals surface area contributed by atoms with Crippen molar-refractivity contribution in [2.75, 3.05) is 37.8 Å². The van der Waals surface area contributed by atoms with Crippen LogP contribution in [0.1, 0.15) is 24.0 Å². The van der Waals surface area contributed by atoms with Crippen molar-refractivity contribution in [2.24, 2.45) is 0 Å². The molecule has 0 N–H and O–H groups in total. The monoisotopic (exact) mass is 427 g/mol. The van der Waals surface area contributed by atoms with Crippen molar-refractivity contribution in [1.82, 2.24) is 9.88 Å². The number of hydrogen-bond donors (Lipinski definition) is 0. The molecule has 1 aromatic heterocycles. The molecule has 0 bridgehead atoms. The summed E-state index contributed by atoms with van der Waals surface area (Å²) in [5.74, 6) is 0.927. The molecule has 0 aliphatic carbocycles. The van der Waals surface area contributed by atoms with Gasteiger partial charge in [0.15, 0.2) is 5.13 Å². The Labute approximate surface area is 181 Å². The number of rotatable bonds is 9. The van der Waals surface area contributed by atoms with Gasteiger partial charge in [-0.1, -0.05) is 41.2 Å². The van der Waals surface area contributed by atoms with Crippen LogP contribution < -0.4 is 4.90 Å². The van der Waals surface area contributed by atoms with Crippen molar-refractivity contribution in [2.45, 2.75) is 31.6 Å². The van der Waals surface area contributed by atoms with Gasteiger partial charge in [-0.3, -0.25) is 9.69 Å². The minimum Gasteiger partial charge on any atom is -0.309 e. The van der Waals surface area contributed by atoms with E-state index in [4.69, 9.17) is 4.98 Å². The molecule has 29 heavy (non-hydrogen) atoms. The highest BCUT2D eigenvalue weighted by Crippen LogP contribution is 2.31. The fraction of sp³-hybridized carbons (Fsp3) is 0.391. The Hall–Kier alpha value is -1.89. The third-order valence-electron chi connectivity index (χ3n) is 4.73. The molecule has 0 radical (unpaired) electrons. The summed E-state index contributed by atoms with van der Waals surface area (Å²) in [6.07, 6.45) is 1.44. The maximum atomic E-state index is 13.1. The van der Waals surface area contributed by atoms with Gasteiger partial charge in [-0.25, -0.2) is 4.98 Å². The first-order valence-electron chi connectivity index (χ1n) is 9.95. The lowest BCUT2D eigenvalue weighted by Crippen LogP contribution is -2.33. The second-order valence-electron chi connectivity index (χ2n) is 7.53. The van der Waals surface area contributed by atoms with Crippen molar-refractivity contribution in [1.29, 1.82) is 0 Å². The van der Waals surface area contributed by atoms with Crippen LogP contribution in [-0.4, -0.2) is 48.7 Å². The number of benzene rings is 2. The number of thiazole rings is 1. The molecule has 6 heteroatoms. The van der Waals surface area contributed by atoms with Crippen LogP contribution in [0.5, 0.6) is 0 Å². The van der Waals surface area contributed by atoms with Gasteiger partial charge in [0, 0.05) is 23.6 Å². The number of carbonyl (C=O) groups excluding carboxylic acids is 1. The zero-order valence-electron chi connectivity index (χ0n) is 17.6. The highest BCUT2D eigenvalue weighted by molar-refractivity contribution is 7.99. The number of hydrogen-bond acceptors (Lipinski definition) is 5. The van der Waals surface area contributed by atoms with E-state index in [1.165, 1.54) is 10.5 Å². The highest BCUT2D eigenvalue weighted by Gasteiger charge is 2.20. The van der Waals surface area contributed by atoms with Crippen molar-refractivity contribution in [3.8, 4) is 0 Å². The Morgan fingerprint density at radius 1 is 1.07 bits per heavy atom. The zero-order chi connectivity index (χ0) is 20.8. The molecular formula is C23H29N3OS2. The molecule has 0 saturated carbocycles. The van der Waals surface area contributed by atoms with Crippen LogP contribution in [0.4, 0.5) is 5.13 Å². The first-order valence-corrected chi connectivity index (χ1v) is 11.7. The smallest absolute Gasteiger partial charge is 0.229 e. The summed E-state index contributed by atoms with van der Waals surface area (Å²) < 4.78 is 1.14. The van der Waals surface area contributed by atoms with Crippen LogP contribution in [0.3, 0.4) is 0 Å². The Morgan fingerprint density at radius 2 is 1.83 bits per heavy atom. The summed E-state index contributed by atoms with van der Waals surface area (Å²) in [6.45, 7) is 5.81. The Kier molecular flexibility index (Phi) is 7.70. The SMILES string of the molecule is Cc1ccc(SCCC(=O)N(CCCN(C)C)c2nc3c(C)cccc3s2)cc1. The van der Waals surface area contributed by atoms with E-state index in [1.807, 2.05) is 4.90 Å². The maximum Gasteiger partial charge on any atom is 0.229 e. The first kappa shape index (κ1) is 21.8. The summed E-state index contributed by atoms with van der Waals surface area (Å²) >= 11 is 3.35.